The molecule has 0 fully saturated rings. The Morgan fingerprint density at radius 1 is 0.391 bits per heavy atom. The normalized spacial score (nSPS) is 11.9. The second-order valence-corrected chi connectivity index (χ2v) is 11.7. The van der Waals surface area contributed by atoms with E-state index in [0.29, 0.717) is 5.95 Å². The summed E-state index contributed by atoms with van der Waals surface area (Å²) in [5.74, 6) is 0.616. The number of imidazole rings is 1. The lowest BCUT2D eigenvalue weighted by atomic mass is 10.1. The number of benzene rings is 6. The van der Waals surface area contributed by atoms with E-state index < -0.39 is 0 Å². The van der Waals surface area contributed by atoms with Crippen LogP contribution in [0.15, 0.2) is 152 Å². The minimum absolute atomic E-state index is 0.616. The number of pyridine rings is 1. The molecular formula is C41H25N5. The Kier molecular flexibility index (Phi) is 5.22. The molecule has 0 aliphatic rings. The van der Waals surface area contributed by atoms with E-state index in [9.17, 15) is 0 Å². The van der Waals surface area contributed by atoms with Gasteiger partial charge in [-0.2, -0.15) is 0 Å². The molecule has 10 aromatic rings. The number of nitrogens with zero attached hydrogens (tertiary/aromatic N) is 5. The van der Waals surface area contributed by atoms with Crippen molar-refractivity contribution in [2.45, 2.75) is 0 Å². The number of aromatic nitrogens is 5. The molecule has 0 spiro atoms. The third kappa shape index (κ3) is 3.54. The van der Waals surface area contributed by atoms with Gasteiger partial charge >= 0.3 is 0 Å². The lowest BCUT2D eigenvalue weighted by molar-refractivity contribution is 0.997. The van der Waals surface area contributed by atoms with Crippen LogP contribution in [0.25, 0.3) is 88.6 Å². The monoisotopic (exact) mass is 587 g/mol. The number of para-hydroxylation sites is 2. The molecule has 0 aliphatic heterocycles. The topological polar surface area (TPSA) is 48.0 Å². The molecule has 0 aliphatic carbocycles. The van der Waals surface area contributed by atoms with Crippen LogP contribution in [0.3, 0.4) is 0 Å². The zero-order valence-corrected chi connectivity index (χ0v) is 24.7. The predicted molar refractivity (Wildman–Crippen MR) is 189 cm³/mol. The molecular weight excluding hydrogens is 562 g/mol. The molecule has 214 valence electrons. The molecule has 0 amide bonds. The zero-order chi connectivity index (χ0) is 30.2. The van der Waals surface area contributed by atoms with Crippen LogP contribution in [-0.2, 0) is 0 Å². The largest absolute Gasteiger partial charge is 0.292 e. The summed E-state index contributed by atoms with van der Waals surface area (Å²) in [7, 11) is 0. The highest BCUT2D eigenvalue weighted by molar-refractivity contribution is 6.20. The van der Waals surface area contributed by atoms with Gasteiger partial charge in [-0.05, 0) is 35.7 Å². The summed E-state index contributed by atoms with van der Waals surface area (Å²) >= 11 is 0. The Hall–Kier alpha value is -6.33. The van der Waals surface area contributed by atoms with E-state index in [4.69, 9.17) is 15.0 Å². The van der Waals surface area contributed by atoms with Gasteiger partial charge < -0.3 is 0 Å². The molecule has 0 saturated carbocycles. The Bertz CT molecular complexity index is 2740. The Labute approximate surface area is 263 Å². The number of hydrogen-bond donors (Lipinski definition) is 0. The van der Waals surface area contributed by atoms with Crippen molar-refractivity contribution in [1.82, 2.24) is 23.9 Å². The smallest absolute Gasteiger partial charge is 0.235 e. The van der Waals surface area contributed by atoms with E-state index in [1.807, 2.05) is 12.1 Å². The summed E-state index contributed by atoms with van der Waals surface area (Å²) in [4.78, 5) is 16.0. The fourth-order valence-corrected chi connectivity index (χ4v) is 7.08. The second-order valence-electron chi connectivity index (χ2n) is 11.7. The zero-order valence-electron chi connectivity index (χ0n) is 24.7. The third-order valence-electron chi connectivity index (χ3n) is 9.12. The highest BCUT2D eigenvalue weighted by Gasteiger charge is 2.22. The quantitative estimate of drug-likeness (QED) is 0.193. The van der Waals surface area contributed by atoms with E-state index in [1.54, 1.807) is 0 Å². The summed E-state index contributed by atoms with van der Waals surface area (Å²) in [5, 5.41) is 5.79. The molecule has 0 radical (unpaired) electrons. The van der Waals surface area contributed by atoms with Gasteiger partial charge in [-0.1, -0.05) is 121 Å². The molecule has 5 nitrogen and oxygen atoms in total. The van der Waals surface area contributed by atoms with E-state index in [0.717, 1.165) is 71.9 Å². The summed E-state index contributed by atoms with van der Waals surface area (Å²) in [5.41, 5.74) is 9.91. The van der Waals surface area contributed by atoms with Crippen LogP contribution < -0.4 is 0 Å². The van der Waals surface area contributed by atoms with Crippen molar-refractivity contribution < 1.29 is 0 Å². The van der Waals surface area contributed by atoms with E-state index in [-0.39, 0.29) is 0 Å². The molecule has 4 aromatic heterocycles. The summed E-state index contributed by atoms with van der Waals surface area (Å²) < 4.78 is 4.52. The molecule has 5 heteroatoms. The first-order valence-electron chi connectivity index (χ1n) is 15.5. The average Bonchev–Trinajstić information content (AvgIpc) is 3.69. The van der Waals surface area contributed by atoms with Gasteiger partial charge in [0.15, 0.2) is 0 Å². The van der Waals surface area contributed by atoms with Gasteiger partial charge in [0, 0.05) is 32.7 Å². The highest BCUT2D eigenvalue weighted by atomic mass is 15.2. The Morgan fingerprint density at radius 3 is 1.61 bits per heavy atom. The first kappa shape index (κ1) is 25.0. The van der Waals surface area contributed by atoms with Crippen molar-refractivity contribution in [3.05, 3.63) is 152 Å². The van der Waals surface area contributed by atoms with Crippen molar-refractivity contribution in [3.63, 3.8) is 0 Å². The van der Waals surface area contributed by atoms with Crippen LogP contribution in [0.4, 0.5) is 0 Å². The first-order valence-corrected chi connectivity index (χ1v) is 15.5. The van der Waals surface area contributed by atoms with Gasteiger partial charge in [-0.3, -0.25) is 8.97 Å². The van der Waals surface area contributed by atoms with E-state index >= 15 is 0 Å². The lowest BCUT2D eigenvalue weighted by Gasteiger charge is -2.12. The van der Waals surface area contributed by atoms with Crippen LogP contribution in [0.1, 0.15) is 0 Å². The van der Waals surface area contributed by atoms with Crippen molar-refractivity contribution >= 4 is 60.2 Å². The Balaban J connectivity index is 1.39. The molecule has 46 heavy (non-hydrogen) atoms. The molecule has 0 saturated heterocycles. The van der Waals surface area contributed by atoms with Crippen molar-refractivity contribution in [2.75, 3.05) is 0 Å². The van der Waals surface area contributed by atoms with Gasteiger partial charge in [0.05, 0.1) is 33.5 Å². The molecule has 10 rings (SSSR count). The lowest BCUT2D eigenvalue weighted by Crippen LogP contribution is -2.04. The van der Waals surface area contributed by atoms with E-state index in [2.05, 4.69) is 148 Å². The maximum absolute atomic E-state index is 5.45. The molecule has 0 bridgehead atoms. The van der Waals surface area contributed by atoms with Crippen LogP contribution in [-0.4, -0.2) is 23.9 Å². The molecule has 6 aromatic carbocycles. The minimum atomic E-state index is 0.616. The van der Waals surface area contributed by atoms with Gasteiger partial charge in [-0.25, -0.2) is 15.0 Å². The third-order valence-corrected chi connectivity index (χ3v) is 9.12. The van der Waals surface area contributed by atoms with Gasteiger partial charge in [0.25, 0.3) is 0 Å². The highest BCUT2D eigenvalue weighted by Crippen LogP contribution is 2.39. The summed E-state index contributed by atoms with van der Waals surface area (Å²) in [6, 6.07) is 52.9. The van der Waals surface area contributed by atoms with Crippen LogP contribution in [0.2, 0.25) is 0 Å². The first-order chi connectivity index (χ1) is 22.8. The summed E-state index contributed by atoms with van der Waals surface area (Å²) in [6.45, 7) is 0. The fraction of sp³-hybridized carbons (Fsp3) is 0. The minimum Gasteiger partial charge on any atom is -0.292 e. The molecule has 0 unspecified atom stereocenters. The van der Waals surface area contributed by atoms with Gasteiger partial charge in [-0.15, -0.1) is 0 Å². The van der Waals surface area contributed by atoms with Gasteiger partial charge in [0.1, 0.15) is 11.2 Å². The SMILES string of the molecule is c1ccc(-c2cc(-c3ccccc3)nc(-n3c4ccccc4c4ccc5c(nc6c7ccccc7c7ccccc7n56)c43)n2)cc1. The van der Waals surface area contributed by atoms with Crippen LogP contribution >= 0.6 is 0 Å². The molecule has 0 atom stereocenters. The number of hydrogen-bond acceptors (Lipinski definition) is 3. The average molecular weight is 588 g/mol. The molecule has 4 heterocycles. The maximum Gasteiger partial charge on any atom is 0.235 e. The summed E-state index contributed by atoms with van der Waals surface area (Å²) in [6.07, 6.45) is 0. The van der Waals surface area contributed by atoms with Gasteiger partial charge in [0.2, 0.25) is 5.95 Å². The fourth-order valence-electron chi connectivity index (χ4n) is 7.08. The van der Waals surface area contributed by atoms with Crippen molar-refractivity contribution in [1.29, 1.82) is 0 Å². The predicted octanol–water partition coefficient (Wildman–Crippen LogP) is 10.0. The van der Waals surface area contributed by atoms with Crippen LogP contribution in [0, 0.1) is 0 Å². The maximum atomic E-state index is 5.45. The molecule has 0 N–H and O–H groups in total. The standard InChI is InChI=1S/C41H25N5/c1-3-13-26(14-4-1)33-25-34(27-15-5-2-6-16-27)43-41(42-33)46-36-22-12-10-19-30(36)31-23-24-37-38(39(31)46)44-40-32-20-8-7-17-28(32)29-18-9-11-21-35(29)45(37)40/h1-25H. The van der Waals surface area contributed by atoms with Crippen molar-refractivity contribution in [2.24, 2.45) is 0 Å². The number of rotatable bonds is 3. The van der Waals surface area contributed by atoms with Crippen molar-refractivity contribution in [3.8, 4) is 28.5 Å². The second kappa shape index (κ2) is 9.58. The van der Waals surface area contributed by atoms with E-state index in [1.165, 1.54) is 10.8 Å². The number of fused-ring (bicyclic) bond motifs is 12. The van der Waals surface area contributed by atoms with Crippen LogP contribution in [0.5, 0.6) is 0 Å². The Morgan fingerprint density at radius 2 is 0.935 bits per heavy atom.